The van der Waals surface area contributed by atoms with E-state index in [1.54, 1.807) is 0 Å². The molecule has 1 aromatic carbocycles. The van der Waals surface area contributed by atoms with Gasteiger partial charge in [0.1, 0.15) is 0 Å². The summed E-state index contributed by atoms with van der Waals surface area (Å²) in [4.78, 5) is 23.3. The number of amides is 2. The third-order valence-corrected chi connectivity index (χ3v) is 3.01. The Bertz CT molecular complexity index is 483. The highest BCUT2D eigenvalue weighted by Crippen LogP contribution is 2.33. The largest absolute Gasteiger partial charge is 0.494 e. The highest BCUT2D eigenvalue weighted by molar-refractivity contribution is 6.37. The molecule has 0 atom stereocenters. The van der Waals surface area contributed by atoms with Gasteiger partial charge in [-0.1, -0.05) is 30.1 Å². The number of carbonyl (C=O) groups excluding carboxylic acids is 2. The first kappa shape index (κ1) is 16.6. The molecule has 2 amide bonds. The van der Waals surface area contributed by atoms with E-state index in [1.807, 2.05) is 6.92 Å². The minimum atomic E-state index is -0.428. The minimum absolute atomic E-state index is 0.0971. The van der Waals surface area contributed by atoms with Crippen molar-refractivity contribution < 1.29 is 14.3 Å². The van der Waals surface area contributed by atoms with Gasteiger partial charge in [-0.25, -0.2) is 0 Å². The van der Waals surface area contributed by atoms with Gasteiger partial charge >= 0.3 is 0 Å². The smallest absolute Gasteiger partial charge is 0.251 e. The maximum atomic E-state index is 11.9. The van der Waals surface area contributed by atoms with Gasteiger partial charge in [0, 0.05) is 12.1 Å². The zero-order valence-electron chi connectivity index (χ0n) is 11.3. The van der Waals surface area contributed by atoms with Crippen LogP contribution in [0, 0.1) is 0 Å². The van der Waals surface area contributed by atoms with E-state index in [0.29, 0.717) is 12.3 Å². The molecule has 0 aliphatic heterocycles. The van der Waals surface area contributed by atoms with Crippen molar-refractivity contribution in [2.45, 2.75) is 13.3 Å². The molecule has 0 unspecified atom stereocenters. The standard InChI is InChI=1S/C13H16Cl2N2O3/c1-3-4-16-11(18)7-17-13(19)8-5-9(14)12(20-2)10(15)6-8/h5-6H,3-4,7H2,1-2H3,(H,16,18)(H,17,19). The SMILES string of the molecule is CCCNC(=O)CNC(=O)c1cc(Cl)c(OC)c(Cl)c1. The molecule has 110 valence electrons. The van der Waals surface area contributed by atoms with E-state index in [0.717, 1.165) is 6.42 Å². The third kappa shape index (κ3) is 4.58. The molecule has 1 aromatic rings. The molecule has 1 rings (SSSR count). The van der Waals surface area contributed by atoms with Gasteiger partial charge in [-0.15, -0.1) is 0 Å². The van der Waals surface area contributed by atoms with Gasteiger partial charge in [-0.2, -0.15) is 0 Å². The molecule has 0 saturated heterocycles. The van der Waals surface area contributed by atoms with Gasteiger partial charge in [0.2, 0.25) is 5.91 Å². The van der Waals surface area contributed by atoms with Gasteiger partial charge < -0.3 is 15.4 Å². The van der Waals surface area contributed by atoms with E-state index in [9.17, 15) is 9.59 Å². The number of carbonyl (C=O) groups is 2. The number of ether oxygens (including phenoxy) is 1. The summed E-state index contributed by atoms with van der Waals surface area (Å²) in [6.45, 7) is 2.43. The first-order valence-corrected chi connectivity index (χ1v) is 6.83. The van der Waals surface area contributed by atoms with Crippen molar-refractivity contribution in [3.05, 3.63) is 27.7 Å². The van der Waals surface area contributed by atoms with Crippen molar-refractivity contribution >= 4 is 35.0 Å². The van der Waals surface area contributed by atoms with Gasteiger partial charge in [-0.05, 0) is 18.6 Å². The fraction of sp³-hybridized carbons (Fsp3) is 0.385. The van der Waals surface area contributed by atoms with Gasteiger partial charge in [0.25, 0.3) is 5.91 Å². The molecule has 2 N–H and O–H groups in total. The molecular formula is C13H16Cl2N2O3. The van der Waals surface area contributed by atoms with Crippen molar-refractivity contribution in [1.82, 2.24) is 10.6 Å². The van der Waals surface area contributed by atoms with Gasteiger partial charge in [0.15, 0.2) is 5.75 Å². The van der Waals surface area contributed by atoms with Crippen LogP contribution in [0.3, 0.4) is 0 Å². The number of rotatable bonds is 6. The summed E-state index contributed by atoms with van der Waals surface area (Å²) in [6.07, 6.45) is 0.837. The number of methoxy groups -OCH3 is 1. The molecule has 0 aromatic heterocycles. The van der Waals surface area contributed by atoms with Crippen LogP contribution in [0.5, 0.6) is 5.75 Å². The molecule has 0 bridgehead atoms. The second-order valence-corrected chi connectivity index (χ2v) is 4.82. The topological polar surface area (TPSA) is 67.4 Å². The summed E-state index contributed by atoms with van der Waals surface area (Å²) in [6, 6.07) is 2.87. The van der Waals surface area contributed by atoms with Gasteiger partial charge in [-0.3, -0.25) is 9.59 Å². The number of nitrogens with one attached hydrogen (secondary N) is 2. The number of benzene rings is 1. The molecule has 7 heteroatoms. The average molecular weight is 319 g/mol. The number of hydrogen-bond donors (Lipinski definition) is 2. The molecule has 0 saturated carbocycles. The van der Waals surface area contributed by atoms with E-state index in [-0.39, 0.29) is 28.1 Å². The second-order valence-electron chi connectivity index (χ2n) is 4.01. The van der Waals surface area contributed by atoms with Crippen LogP contribution in [-0.2, 0) is 4.79 Å². The Hall–Kier alpha value is -1.46. The lowest BCUT2D eigenvalue weighted by Gasteiger charge is -2.09. The van der Waals surface area contributed by atoms with E-state index in [1.165, 1.54) is 19.2 Å². The minimum Gasteiger partial charge on any atom is -0.494 e. The van der Waals surface area contributed by atoms with E-state index >= 15 is 0 Å². The average Bonchev–Trinajstić information content (AvgIpc) is 2.42. The summed E-state index contributed by atoms with van der Waals surface area (Å²) in [5.74, 6) is -0.362. The van der Waals surface area contributed by atoms with Crippen LogP contribution in [0.2, 0.25) is 10.0 Å². The quantitative estimate of drug-likeness (QED) is 0.845. The van der Waals surface area contributed by atoms with Crippen molar-refractivity contribution in [3.8, 4) is 5.75 Å². The molecule has 0 heterocycles. The first-order valence-electron chi connectivity index (χ1n) is 6.07. The fourth-order valence-corrected chi connectivity index (χ4v) is 2.12. The maximum absolute atomic E-state index is 11.9. The summed E-state index contributed by atoms with van der Waals surface area (Å²) in [7, 11) is 1.44. The zero-order valence-corrected chi connectivity index (χ0v) is 12.8. The van der Waals surface area contributed by atoms with Crippen LogP contribution < -0.4 is 15.4 Å². The highest BCUT2D eigenvalue weighted by Gasteiger charge is 2.14. The van der Waals surface area contributed by atoms with Crippen molar-refractivity contribution in [3.63, 3.8) is 0 Å². The van der Waals surface area contributed by atoms with Crippen LogP contribution in [0.4, 0.5) is 0 Å². The predicted molar refractivity (Wildman–Crippen MR) is 78.6 cm³/mol. The van der Waals surface area contributed by atoms with Gasteiger partial charge in [0.05, 0.1) is 23.7 Å². The Morgan fingerprint density at radius 2 is 1.80 bits per heavy atom. The molecule has 0 spiro atoms. The Balaban J connectivity index is 2.67. The predicted octanol–water partition coefficient (Wildman–Crippen LogP) is 2.26. The summed E-state index contributed by atoms with van der Waals surface area (Å²) < 4.78 is 4.99. The normalized spacial score (nSPS) is 10.0. The molecule has 0 fully saturated rings. The Kier molecular flexibility index (Phi) is 6.61. The van der Waals surface area contributed by atoms with Crippen LogP contribution in [0.25, 0.3) is 0 Å². The molecule has 5 nitrogen and oxygen atoms in total. The second kappa shape index (κ2) is 7.97. The maximum Gasteiger partial charge on any atom is 0.251 e. The Morgan fingerprint density at radius 1 is 1.20 bits per heavy atom. The van der Waals surface area contributed by atoms with Crippen molar-refractivity contribution in [2.75, 3.05) is 20.2 Å². The fourth-order valence-electron chi connectivity index (χ4n) is 1.48. The summed E-state index contributed by atoms with van der Waals surface area (Å²) >= 11 is 11.9. The monoisotopic (exact) mass is 318 g/mol. The number of hydrogen-bond acceptors (Lipinski definition) is 3. The molecular weight excluding hydrogens is 303 g/mol. The van der Waals surface area contributed by atoms with Crippen molar-refractivity contribution in [2.24, 2.45) is 0 Å². The Labute approximate surface area is 127 Å². The first-order chi connectivity index (χ1) is 9.49. The lowest BCUT2D eigenvalue weighted by molar-refractivity contribution is -0.120. The molecule has 0 aliphatic carbocycles. The van der Waals surface area contributed by atoms with Crippen LogP contribution >= 0.6 is 23.2 Å². The highest BCUT2D eigenvalue weighted by atomic mass is 35.5. The Morgan fingerprint density at radius 3 is 2.30 bits per heavy atom. The number of halogens is 2. The van der Waals surface area contributed by atoms with E-state index in [4.69, 9.17) is 27.9 Å². The lowest BCUT2D eigenvalue weighted by atomic mass is 10.2. The molecule has 0 radical (unpaired) electrons. The van der Waals surface area contributed by atoms with Crippen LogP contribution in [0.15, 0.2) is 12.1 Å². The lowest BCUT2D eigenvalue weighted by Crippen LogP contribution is -2.37. The zero-order chi connectivity index (χ0) is 15.1. The van der Waals surface area contributed by atoms with Crippen LogP contribution in [0.1, 0.15) is 23.7 Å². The summed E-state index contributed by atoms with van der Waals surface area (Å²) in [5, 5.41) is 5.62. The van der Waals surface area contributed by atoms with E-state index < -0.39 is 5.91 Å². The molecule has 0 aliphatic rings. The summed E-state index contributed by atoms with van der Waals surface area (Å²) in [5.41, 5.74) is 0.268. The molecule has 20 heavy (non-hydrogen) atoms. The van der Waals surface area contributed by atoms with Crippen LogP contribution in [-0.4, -0.2) is 32.0 Å². The third-order valence-electron chi connectivity index (χ3n) is 2.45. The van der Waals surface area contributed by atoms with Crippen molar-refractivity contribution in [1.29, 1.82) is 0 Å². The van der Waals surface area contributed by atoms with E-state index in [2.05, 4.69) is 10.6 Å².